The summed E-state index contributed by atoms with van der Waals surface area (Å²) in [6, 6.07) is 24.7. The summed E-state index contributed by atoms with van der Waals surface area (Å²) < 4.78 is 32.8. The first-order valence-electron chi connectivity index (χ1n) is 10.7. The monoisotopic (exact) mass is 476 g/mol. The Labute approximate surface area is 198 Å². The summed E-state index contributed by atoms with van der Waals surface area (Å²) in [6.45, 7) is -0.352. The molecule has 0 saturated carbocycles. The predicted molar refractivity (Wildman–Crippen MR) is 128 cm³/mol. The SMILES string of the molecule is O=C(COc1ccccc1)N[C@@H]1C(=O)N[C@@]1(C/C=C/c1ccccc1)S(=O)(=O)c1ccccc1. The number of β-lactam (4-membered cyclic amide) rings is 1. The van der Waals surface area contributed by atoms with Gasteiger partial charge < -0.3 is 15.4 Å². The molecule has 1 fully saturated rings. The summed E-state index contributed by atoms with van der Waals surface area (Å²) in [5.74, 6) is -0.672. The maximum Gasteiger partial charge on any atom is 0.258 e. The van der Waals surface area contributed by atoms with E-state index in [1.807, 2.05) is 36.4 Å². The van der Waals surface area contributed by atoms with Gasteiger partial charge in [0.25, 0.3) is 5.91 Å². The molecule has 1 heterocycles. The van der Waals surface area contributed by atoms with Crippen molar-refractivity contribution in [1.82, 2.24) is 10.6 Å². The van der Waals surface area contributed by atoms with E-state index in [4.69, 9.17) is 4.74 Å². The van der Waals surface area contributed by atoms with Crippen molar-refractivity contribution in [2.45, 2.75) is 22.2 Å². The molecule has 0 bridgehead atoms. The van der Waals surface area contributed by atoms with Gasteiger partial charge >= 0.3 is 0 Å². The van der Waals surface area contributed by atoms with Crippen molar-refractivity contribution in [2.75, 3.05) is 6.61 Å². The summed E-state index contributed by atoms with van der Waals surface area (Å²) in [4.78, 5) is 23.4. The zero-order chi connectivity index (χ0) is 24.0. The maximum atomic E-state index is 13.7. The average Bonchev–Trinajstić information content (AvgIpc) is 2.87. The van der Waals surface area contributed by atoms with E-state index >= 15 is 0 Å². The molecule has 0 unspecified atom stereocenters. The van der Waals surface area contributed by atoms with Gasteiger partial charge in [0, 0.05) is 6.42 Å². The minimum Gasteiger partial charge on any atom is -0.484 e. The Balaban J connectivity index is 1.58. The molecule has 3 aromatic rings. The van der Waals surface area contributed by atoms with Crippen molar-refractivity contribution in [1.29, 1.82) is 0 Å². The van der Waals surface area contributed by atoms with Crippen molar-refractivity contribution in [3.63, 3.8) is 0 Å². The molecular weight excluding hydrogens is 452 g/mol. The topological polar surface area (TPSA) is 102 Å². The average molecular weight is 477 g/mol. The fraction of sp³-hybridized carbons (Fsp3) is 0.154. The fourth-order valence-corrected chi connectivity index (χ4v) is 5.75. The molecule has 4 rings (SSSR count). The molecule has 0 aromatic heterocycles. The van der Waals surface area contributed by atoms with Gasteiger partial charge in [-0.3, -0.25) is 9.59 Å². The summed E-state index contributed by atoms with van der Waals surface area (Å²) in [5, 5.41) is 5.14. The van der Waals surface area contributed by atoms with E-state index in [0.29, 0.717) is 5.75 Å². The van der Waals surface area contributed by atoms with Gasteiger partial charge in [-0.25, -0.2) is 8.42 Å². The smallest absolute Gasteiger partial charge is 0.258 e. The van der Waals surface area contributed by atoms with Crippen molar-refractivity contribution in [2.24, 2.45) is 0 Å². The highest BCUT2D eigenvalue weighted by molar-refractivity contribution is 7.93. The van der Waals surface area contributed by atoms with Gasteiger partial charge in [0.15, 0.2) is 11.5 Å². The zero-order valence-corrected chi connectivity index (χ0v) is 19.1. The molecule has 0 radical (unpaired) electrons. The molecule has 174 valence electrons. The third-order valence-electron chi connectivity index (χ3n) is 5.55. The van der Waals surface area contributed by atoms with Gasteiger partial charge in [-0.05, 0) is 29.8 Å². The second-order valence-electron chi connectivity index (χ2n) is 7.81. The first kappa shape index (κ1) is 23.3. The van der Waals surface area contributed by atoms with Gasteiger partial charge in [0.2, 0.25) is 15.7 Å². The molecule has 3 aromatic carbocycles. The molecule has 2 amide bonds. The van der Waals surface area contributed by atoms with Crippen LogP contribution in [0.3, 0.4) is 0 Å². The quantitative estimate of drug-likeness (QED) is 0.463. The molecule has 7 nitrogen and oxygen atoms in total. The predicted octanol–water partition coefficient (Wildman–Crippen LogP) is 2.95. The molecule has 0 aliphatic carbocycles. The third-order valence-corrected chi connectivity index (χ3v) is 7.90. The Morgan fingerprint density at radius 2 is 1.53 bits per heavy atom. The Morgan fingerprint density at radius 3 is 2.15 bits per heavy atom. The summed E-state index contributed by atoms with van der Waals surface area (Å²) in [5.41, 5.74) is 0.886. The minimum absolute atomic E-state index is 0.0324. The Kier molecular flexibility index (Phi) is 6.79. The highest BCUT2D eigenvalue weighted by Gasteiger charge is 2.62. The van der Waals surface area contributed by atoms with Crippen LogP contribution in [0.2, 0.25) is 0 Å². The van der Waals surface area contributed by atoms with Crippen LogP contribution in [0.4, 0.5) is 0 Å². The number of benzene rings is 3. The Morgan fingerprint density at radius 1 is 0.941 bits per heavy atom. The fourth-order valence-electron chi connectivity index (χ4n) is 3.78. The third kappa shape index (κ3) is 4.72. The lowest BCUT2D eigenvalue weighted by molar-refractivity contribution is -0.138. The number of hydrogen-bond donors (Lipinski definition) is 2. The molecule has 2 N–H and O–H groups in total. The molecule has 2 atom stereocenters. The van der Waals surface area contributed by atoms with Gasteiger partial charge in [-0.1, -0.05) is 78.9 Å². The number of amides is 2. The molecule has 1 aliphatic heterocycles. The molecule has 0 spiro atoms. The van der Waals surface area contributed by atoms with Crippen LogP contribution in [0.15, 0.2) is 102 Å². The standard InChI is InChI=1S/C26H24N2O5S/c29-23(19-33-21-14-6-2-7-15-21)27-24-25(30)28-26(24,18-10-13-20-11-4-1-5-12-20)34(31,32)22-16-8-3-9-17-22/h1-17,24H,18-19H2,(H,27,29)(H,28,30)/b13-10+/t24-,26+/m1/s1. The number of rotatable bonds is 9. The molecule has 1 saturated heterocycles. The lowest BCUT2D eigenvalue weighted by atomic mass is 9.94. The lowest BCUT2D eigenvalue weighted by Gasteiger charge is -2.47. The number of hydrogen-bond acceptors (Lipinski definition) is 5. The van der Waals surface area contributed by atoms with Crippen LogP contribution in [-0.4, -0.2) is 37.8 Å². The van der Waals surface area contributed by atoms with Crippen molar-refractivity contribution in [3.8, 4) is 5.75 Å². The molecular formula is C26H24N2O5S. The lowest BCUT2D eigenvalue weighted by Crippen LogP contribution is -2.80. The van der Waals surface area contributed by atoms with Gasteiger partial charge in [0.05, 0.1) is 4.90 Å². The van der Waals surface area contributed by atoms with Crippen LogP contribution < -0.4 is 15.4 Å². The van der Waals surface area contributed by atoms with E-state index in [1.54, 1.807) is 54.6 Å². The van der Waals surface area contributed by atoms with Crippen LogP contribution in [0.25, 0.3) is 6.08 Å². The molecule has 1 aliphatic rings. The summed E-state index contributed by atoms with van der Waals surface area (Å²) in [6.07, 6.45) is 3.44. The van der Waals surface area contributed by atoms with Crippen LogP contribution in [-0.2, 0) is 19.4 Å². The second-order valence-corrected chi connectivity index (χ2v) is 10.0. The van der Waals surface area contributed by atoms with Gasteiger partial charge in [0.1, 0.15) is 11.8 Å². The maximum absolute atomic E-state index is 13.7. The summed E-state index contributed by atoms with van der Waals surface area (Å²) >= 11 is 0. The first-order valence-corrected chi connectivity index (χ1v) is 12.2. The second kappa shape index (κ2) is 9.93. The first-order chi connectivity index (χ1) is 16.4. The highest BCUT2D eigenvalue weighted by atomic mass is 32.2. The van der Waals surface area contributed by atoms with E-state index < -0.39 is 32.6 Å². The van der Waals surface area contributed by atoms with E-state index in [9.17, 15) is 18.0 Å². The molecule has 8 heteroatoms. The summed E-state index contributed by atoms with van der Waals surface area (Å²) in [7, 11) is -4.05. The Hall–Kier alpha value is -3.91. The van der Waals surface area contributed by atoms with Gasteiger partial charge in [-0.15, -0.1) is 0 Å². The van der Waals surface area contributed by atoms with E-state index in [-0.39, 0.29) is 17.9 Å². The normalized spacial score (nSPS) is 19.8. The number of carbonyl (C=O) groups excluding carboxylic acids is 2. The Bertz CT molecular complexity index is 1280. The molecule has 34 heavy (non-hydrogen) atoms. The zero-order valence-electron chi connectivity index (χ0n) is 18.3. The van der Waals surface area contributed by atoms with E-state index in [2.05, 4.69) is 10.6 Å². The van der Waals surface area contributed by atoms with Crippen LogP contribution in [0, 0.1) is 0 Å². The van der Waals surface area contributed by atoms with E-state index in [0.717, 1.165) is 5.56 Å². The van der Waals surface area contributed by atoms with Crippen LogP contribution >= 0.6 is 0 Å². The number of ether oxygens (including phenoxy) is 1. The highest BCUT2D eigenvalue weighted by Crippen LogP contribution is 2.36. The van der Waals surface area contributed by atoms with Crippen molar-refractivity contribution in [3.05, 3.63) is 103 Å². The van der Waals surface area contributed by atoms with E-state index in [1.165, 1.54) is 12.1 Å². The minimum atomic E-state index is -4.05. The number of para-hydroxylation sites is 1. The van der Waals surface area contributed by atoms with Crippen molar-refractivity contribution < 1.29 is 22.7 Å². The largest absolute Gasteiger partial charge is 0.484 e. The van der Waals surface area contributed by atoms with Crippen LogP contribution in [0.1, 0.15) is 12.0 Å². The number of sulfone groups is 1. The number of nitrogens with one attached hydrogen (secondary N) is 2. The number of carbonyl (C=O) groups is 2. The van der Waals surface area contributed by atoms with Gasteiger partial charge in [-0.2, -0.15) is 0 Å². The van der Waals surface area contributed by atoms with Crippen LogP contribution in [0.5, 0.6) is 5.75 Å². The van der Waals surface area contributed by atoms with Crippen molar-refractivity contribution >= 4 is 27.7 Å².